The summed E-state index contributed by atoms with van der Waals surface area (Å²) in [7, 11) is 6.62. The summed E-state index contributed by atoms with van der Waals surface area (Å²) in [6.07, 6.45) is -1.05. The van der Waals surface area contributed by atoms with E-state index in [4.69, 9.17) is 5.73 Å². The molecule has 0 bridgehead atoms. The molecule has 0 fully saturated rings. The van der Waals surface area contributed by atoms with Crippen LogP contribution in [0.25, 0.3) is 0 Å². The Labute approximate surface area is 260 Å². The van der Waals surface area contributed by atoms with Crippen LogP contribution < -0.4 is 43.0 Å². The lowest BCUT2D eigenvalue weighted by Gasteiger charge is -2.32. The zero-order valence-corrected chi connectivity index (χ0v) is 27.1. The van der Waals surface area contributed by atoms with Gasteiger partial charge in [-0.1, -0.05) is 13.8 Å². The van der Waals surface area contributed by atoms with Crippen molar-refractivity contribution in [2.45, 2.75) is 57.9 Å². The number of aliphatic carboxylic acids is 1. The van der Waals surface area contributed by atoms with Crippen molar-refractivity contribution in [3.63, 3.8) is 0 Å². The third-order valence-electron chi connectivity index (χ3n) is 6.64. The molecule has 0 aliphatic heterocycles. The van der Waals surface area contributed by atoms with Crippen LogP contribution in [0.3, 0.4) is 0 Å². The van der Waals surface area contributed by atoms with E-state index in [1.54, 1.807) is 28.2 Å². The SMILES string of the molecule is CNCC(NC)C(=O)N(CCNC(=O)[C@H](CC(=O)O)NC(=O)[C@H](CC(C)C)NC(C)=O)CCN(CCN)C(=O)C(NC)NC. The first-order valence-corrected chi connectivity index (χ1v) is 14.8. The van der Waals surface area contributed by atoms with Crippen molar-refractivity contribution in [3.05, 3.63) is 0 Å². The number of carboxylic acid groups (broad SMARTS) is 1. The highest BCUT2D eigenvalue weighted by molar-refractivity contribution is 5.93. The van der Waals surface area contributed by atoms with Crippen LogP contribution in [0.2, 0.25) is 0 Å². The van der Waals surface area contributed by atoms with E-state index in [2.05, 4.69) is 37.2 Å². The average Bonchev–Trinajstić information content (AvgIpc) is 2.95. The summed E-state index contributed by atoms with van der Waals surface area (Å²) in [6.45, 7) is 6.05. The highest BCUT2D eigenvalue weighted by Gasteiger charge is 2.29. The Kier molecular flexibility index (Phi) is 20.5. The van der Waals surface area contributed by atoms with Gasteiger partial charge in [0, 0.05) is 52.7 Å². The lowest BCUT2D eigenvalue weighted by Crippen LogP contribution is -2.57. The molecular formula is C27H54N10O7. The molecule has 0 aromatic rings. The molecule has 254 valence electrons. The molecule has 17 nitrogen and oxygen atoms in total. The van der Waals surface area contributed by atoms with E-state index in [9.17, 15) is 33.9 Å². The van der Waals surface area contributed by atoms with Gasteiger partial charge in [-0.15, -0.1) is 0 Å². The van der Waals surface area contributed by atoms with Crippen molar-refractivity contribution < 1.29 is 33.9 Å². The topological polar surface area (TPSA) is 239 Å². The van der Waals surface area contributed by atoms with Crippen molar-refractivity contribution in [1.29, 1.82) is 0 Å². The second-order valence-corrected chi connectivity index (χ2v) is 10.7. The number of carboxylic acids is 1. The maximum Gasteiger partial charge on any atom is 0.305 e. The molecule has 1 unspecified atom stereocenters. The van der Waals surface area contributed by atoms with Crippen LogP contribution in [-0.2, 0) is 28.8 Å². The fourth-order valence-electron chi connectivity index (χ4n) is 4.41. The molecule has 0 aliphatic rings. The number of rotatable bonds is 23. The quantitative estimate of drug-likeness (QED) is 0.0489. The zero-order chi connectivity index (χ0) is 33.8. The number of amides is 5. The van der Waals surface area contributed by atoms with Crippen molar-refractivity contribution in [2.75, 3.05) is 74.0 Å². The smallest absolute Gasteiger partial charge is 0.305 e. The second kappa shape index (κ2) is 22.2. The van der Waals surface area contributed by atoms with E-state index in [1.165, 1.54) is 16.7 Å². The van der Waals surface area contributed by atoms with E-state index >= 15 is 0 Å². The van der Waals surface area contributed by atoms with Gasteiger partial charge in [-0.2, -0.15) is 0 Å². The molecule has 0 aliphatic carbocycles. The predicted octanol–water partition coefficient (Wildman–Crippen LogP) is -4.20. The number of hydrogen-bond donors (Lipinski definition) is 9. The molecular weight excluding hydrogens is 576 g/mol. The fourth-order valence-corrected chi connectivity index (χ4v) is 4.41. The first-order chi connectivity index (χ1) is 20.7. The van der Waals surface area contributed by atoms with E-state index in [-0.39, 0.29) is 63.4 Å². The molecule has 0 aromatic carbocycles. The summed E-state index contributed by atoms with van der Waals surface area (Å²) in [5.41, 5.74) is 5.73. The molecule has 17 heteroatoms. The molecule has 0 heterocycles. The number of likely N-dealkylation sites (N-methyl/N-ethyl adjacent to an activating group) is 4. The Morgan fingerprint density at radius 3 is 1.80 bits per heavy atom. The minimum absolute atomic E-state index is 0.0359. The van der Waals surface area contributed by atoms with Crippen LogP contribution >= 0.6 is 0 Å². The number of nitrogens with one attached hydrogen (secondary N) is 7. The van der Waals surface area contributed by atoms with Gasteiger partial charge in [0.25, 0.3) is 5.91 Å². The summed E-state index contributed by atoms with van der Waals surface area (Å²) in [5.74, 6) is -3.67. The molecule has 10 N–H and O–H groups in total. The average molecular weight is 631 g/mol. The highest BCUT2D eigenvalue weighted by atomic mass is 16.4. The summed E-state index contributed by atoms with van der Waals surface area (Å²) in [5, 5.41) is 28.6. The second-order valence-electron chi connectivity index (χ2n) is 10.7. The Bertz CT molecular complexity index is 933. The van der Waals surface area contributed by atoms with Gasteiger partial charge in [0.05, 0.1) is 12.5 Å². The summed E-state index contributed by atoms with van der Waals surface area (Å²) in [4.78, 5) is 78.4. The lowest BCUT2D eigenvalue weighted by atomic mass is 10.0. The Morgan fingerprint density at radius 1 is 0.750 bits per heavy atom. The molecule has 0 radical (unpaired) electrons. The maximum atomic E-state index is 13.4. The van der Waals surface area contributed by atoms with Crippen LogP contribution in [0.15, 0.2) is 0 Å². The molecule has 5 amide bonds. The van der Waals surface area contributed by atoms with Gasteiger partial charge in [0.15, 0.2) is 0 Å². The largest absolute Gasteiger partial charge is 0.481 e. The molecule has 0 saturated heterocycles. The van der Waals surface area contributed by atoms with E-state index in [1.807, 2.05) is 13.8 Å². The van der Waals surface area contributed by atoms with Crippen molar-refractivity contribution in [2.24, 2.45) is 11.7 Å². The minimum atomic E-state index is -1.42. The van der Waals surface area contributed by atoms with Crippen LogP contribution in [0, 0.1) is 5.92 Å². The number of carbonyl (C=O) groups is 6. The first kappa shape index (κ1) is 40.6. The highest BCUT2D eigenvalue weighted by Crippen LogP contribution is 2.06. The third kappa shape index (κ3) is 15.4. The van der Waals surface area contributed by atoms with Gasteiger partial charge in [0.1, 0.15) is 18.2 Å². The van der Waals surface area contributed by atoms with Crippen molar-refractivity contribution >= 4 is 35.5 Å². The molecule has 0 saturated carbocycles. The number of nitrogens with two attached hydrogens (primary N) is 1. The van der Waals surface area contributed by atoms with E-state index in [0.717, 1.165) is 0 Å². The number of carbonyl (C=O) groups excluding carboxylic acids is 5. The Balaban J connectivity index is 5.74. The van der Waals surface area contributed by atoms with Crippen LogP contribution in [0.5, 0.6) is 0 Å². The zero-order valence-electron chi connectivity index (χ0n) is 27.1. The van der Waals surface area contributed by atoms with Crippen LogP contribution in [0.4, 0.5) is 0 Å². The van der Waals surface area contributed by atoms with Gasteiger partial charge in [0.2, 0.25) is 23.6 Å². The van der Waals surface area contributed by atoms with Crippen molar-refractivity contribution in [3.8, 4) is 0 Å². The van der Waals surface area contributed by atoms with Gasteiger partial charge in [-0.25, -0.2) is 0 Å². The van der Waals surface area contributed by atoms with E-state index in [0.29, 0.717) is 6.54 Å². The van der Waals surface area contributed by atoms with Gasteiger partial charge in [-0.3, -0.25) is 39.4 Å². The number of hydrogen-bond acceptors (Lipinski definition) is 11. The summed E-state index contributed by atoms with van der Waals surface area (Å²) in [6, 6.07) is -2.96. The minimum Gasteiger partial charge on any atom is -0.481 e. The third-order valence-corrected chi connectivity index (χ3v) is 6.64. The van der Waals surface area contributed by atoms with Gasteiger partial charge >= 0.3 is 5.97 Å². The lowest BCUT2D eigenvalue weighted by molar-refractivity contribution is -0.141. The van der Waals surface area contributed by atoms with Crippen molar-refractivity contribution in [1.82, 2.24) is 47.0 Å². The molecule has 44 heavy (non-hydrogen) atoms. The van der Waals surface area contributed by atoms with Gasteiger partial charge < -0.3 is 47.2 Å². The maximum absolute atomic E-state index is 13.4. The number of nitrogens with zero attached hydrogens (tertiary/aromatic N) is 2. The molecule has 0 rings (SSSR count). The summed E-state index contributed by atoms with van der Waals surface area (Å²) >= 11 is 0. The first-order valence-electron chi connectivity index (χ1n) is 14.8. The Hall–Kier alpha value is -3.38. The monoisotopic (exact) mass is 630 g/mol. The van der Waals surface area contributed by atoms with E-state index < -0.39 is 54.4 Å². The normalized spacial score (nSPS) is 13.1. The summed E-state index contributed by atoms with van der Waals surface area (Å²) < 4.78 is 0. The van der Waals surface area contributed by atoms with Crippen LogP contribution in [0.1, 0.15) is 33.6 Å². The molecule has 3 atom stereocenters. The molecule has 0 spiro atoms. The Morgan fingerprint density at radius 2 is 1.34 bits per heavy atom. The standard InChI is InChI=1S/C27H54N10O7/c1-17(2)14-19(34-18(3)38)25(42)35-20(15-22(39)40)24(41)33-9-11-37(26(43)21(30-5)16-29-4)13-12-36(10-8-28)27(44)23(31-6)32-7/h17,19-21,23,29-32H,8-16,28H2,1-7H3,(H,33,41)(H,34,38)(H,35,42)(H,39,40)/t19-,20-,21?/m0/s1. The molecule has 0 aromatic heterocycles. The predicted molar refractivity (Wildman–Crippen MR) is 165 cm³/mol. The van der Waals surface area contributed by atoms with Gasteiger partial charge in [-0.05, 0) is 40.5 Å². The fraction of sp³-hybridized carbons (Fsp3) is 0.778. The van der Waals surface area contributed by atoms with Crippen LogP contribution in [-0.4, -0.2) is 149 Å².